The number of methoxy groups -OCH3 is 1. The summed E-state index contributed by atoms with van der Waals surface area (Å²) >= 11 is 0. The molecule has 1 aromatic rings. The summed E-state index contributed by atoms with van der Waals surface area (Å²) in [5.41, 5.74) is 0.575. The molecule has 0 unspecified atom stereocenters. The Morgan fingerprint density at radius 3 is 2.05 bits per heavy atom. The molecule has 1 aromatic carbocycles. The van der Waals surface area contributed by atoms with Gasteiger partial charge in [-0.05, 0) is 30.2 Å². The Hall–Kier alpha value is -1.35. The number of hydrogen-bond acceptors (Lipinski definition) is 3. The molecule has 0 aromatic heterocycles. The minimum Gasteiger partial charge on any atom is -0.468 e. The number of hydrogen-bond donors (Lipinski definition) is 1. The summed E-state index contributed by atoms with van der Waals surface area (Å²) in [6, 6.07) is 10.2. The van der Waals surface area contributed by atoms with Gasteiger partial charge in [0.2, 0.25) is 0 Å². The third kappa shape index (κ3) is 5.50. The van der Waals surface area contributed by atoms with Gasteiger partial charge in [0.15, 0.2) is 0 Å². The molecule has 118 valence electrons. The highest BCUT2D eigenvalue weighted by atomic mass is 16.5. The zero-order valence-corrected chi connectivity index (χ0v) is 14.0. The van der Waals surface area contributed by atoms with E-state index in [1.165, 1.54) is 12.7 Å². The summed E-state index contributed by atoms with van der Waals surface area (Å²) < 4.78 is 5.10. The van der Waals surface area contributed by atoms with Crippen LogP contribution < -0.4 is 5.32 Å². The molecule has 0 saturated carbocycles. The highest BCUT2D eigenvalue weighted by Gasteiger charge is 2.40. The third-order valence-corrected chi connectivity index (χ3v) is 3.56. The average Bonchev–Trinajstić information content (AvgIpc) is 2.43. The summed E-state index contributed by atoms with van der Waals surface area (Å²) in [7, 11) is 1.47. The summed E-state index contributed by atoms with van der Waals surface area (Å²) in [5, 5.41) is 3.49. The first-order valence-corrected chi connectivity index (χ1v) is 7.77. The zero-order chi connectivity index (χ0) is 15.9. The molecule has 0 aliphatic heterocycles. The van der Waals surface area contributed by atoms with E-state index in [1.54, 1.807) is 0 Å². The Morgan fingerprint density at radius 1 is 1.10 bits per heavy atom. The van der Waals surface area contributed by atoms with Gasteiger partial charge >= 0.3 is 5.97 Å². The summed E-state index contributed by atoms with van der Waals surface area (Å²) in [5.74, 6) is 0.693. The number of rotatable bonds is 8. The van der Waals surface area contributed by atoms with Gasteiger partial charge in [-0.1, -0.05) is 58.0 Å². The van der Waals surface area contributed by atoms with Gasteiger partial charge in [-0.25, -0.2) is 0 Å². The Bertz CT molecular complexity index is 416. The van der Waals surface area contributed by atoms with E-state index in [2.05, 4.69) is 45.1 Å². The molecule has 1 rings (SSSR count). The Morgan fingerprint density at radius 2 is 1.62 bits per heavy atom. The lowest BCUT2D eigenvalue weighted by Gasteiger charge is -2.35. The normalized spacial score (nSPS) is 12.0. The van der Waals surface area contributed by atoms with Gasteiger partial charge in [0.1, 0.15) is 5.54 Å². The van der Waals surface area contributed by atoms with Crippen LogP contribution in [0.25, 0.3) is 0 Å². The molecule has 0 aliphatic carbocycles. The van der Waals surface area contributed by atoms with Crippen molar-refractivity contribution in [2.24, 2.45) is 11.8 Å². The second-order valence-corrected chi connectivity index (χ2v) is 6.61. The number of nitrogens with one attached hydrogen (secondary N) is 1. The van der Waals surface area contributed by atoms with E-state index in [1.807, 2.05) is 18.2 Å². The van der Waals surface area contributed by atoms with Gasteiger partial charge in [-0.3, -0.25) is 10.1 Å². The first kappa shape index (κ1) is 17.7. The number of benzene rings is 1. The van der Waals surface area contributed by atoms with Crippen LogP contribution in [-0.4, -0.2) is 18.6 Å². The topological polar surface area (TPSA) is 38.3 Å². The van der Waals surface area contributed by atoms with Crippen LogP contribution in [-0.2, 0) is 16.1 Å². The molecule has 0 radical (unpaired) electrons. The van der Waals surface area contributed by atoms with Crippen molar-refractivity contribution >= 4 is 5.97 Å². The standard InChI is InChI=1S/C18H29NO2/c1-14(2)11-18(12-15(3)4,17(20)21-5)19-13-16-9-7-6-8-10-16/h6-10,14-15,19H,11-13H2,1-5H3. The van der Waals surface area contributed by atoms with Crippen molar-refractivity contribution in [2.45, 2.75) is 52.6 Å². The van der Waals surface area contributed by atoms with E-state index in [9.17, 15) is 4.79 Å². The van der Waals surface area contributed by atoms with Crippen molar-refractivity contribution < 1.29 is 9.53 Å². The number of carbonyl (C=O) groups is 1. The second-order valence-electron chi connectivity index (χ2n) is 6.61. The fourth-order valence-corrected chi connectivity index (χ4v) is 2.92. The predicted molar refractivity (Wildman–Crippen MR) is 86.9 cm³/mol. The first-order valence-electron chi connectivity index (χ1n) is 7.77. The maximum absolute atomic E-state index is 12.4. The fraction of sp³-hybridized carbons (Fsp3) is 0.611. The molecule has 0 spiro atoms. The Kier molecular flexibility index (Phi) is 6.90. The lowest BCUT2D eigenvalue weighted by atomic mass is 9.81. The van der Waals surface area contributed by atoms with E-state index in [4.69, 9.17) is 4.74 Å². The van der Waals surface area contributed by atoms with Crippen molar-refractivity contribution in [3.05, 3.63) is 35.9 Å². The van der Waals surface area contributed by atoms with Crippen LogP contribution in [0.15, 0.2) is 30.3 Å². The van der Waals surface area contributed by atoms with Gasteiger partial charge < -0.3 is 4.74 Å². The Labute approximate surface area is 129 Å². The van der Waals surface area contributed by atoms with Crippen LogP contribution in [0.4, 0.5) is 0 Å². The van der Waals surface area contributed by atoms with Gasteiger partial charge in [-0.15, -0.1) is 0 Å². The molecule has 21 heavy (non-hydrogen) atoms. The zero-order valence-electron chi connectivity index (χ0n) is 14.0. The van der Waals surface area contributed by atoms with Crippen molar-refractivity contribution in [1.82, 2.24) is 5.32 Å². The maximum atomic E-state index is 12.4. The molecule has 3 nitrogen and oxygen atoms in total. The quantitative estimate of drug-likeness (QED) is 0.741. The SMILES string of the molecule is COC(=O)C(CC(C)C)(CC(C)C)NCc1ccccc1. The number of carbonyl (C=O) groups excluding carboxylic acids is 1. The molecule has 0 fully saturated rings. The average molecular weight is 291 g/mol. The Balaban J connectivity index is 2.94. The third-order valence-electron chi connectivity index (χ3n) is 3.56. The highest BCUT2D eigenvalue weighted by molar-refractivity contribution is 5.80. The maximum Gasteiger partial charge on any atom is 0.326 e. The molecule has 0 aliphatic rings. The smallest absolute Gasteiger partial charge is 0.326 e. The summed E-state index contributed by atoms with van der Waals surface area (Å²) in [6.07, 6.45) is 1.56. The van der Waals surface area contributed by atoms with Crippen LogP contribution in [0.1, 0.15) is 46.1 Å². The number of esters is 1. The molecular weight excluding hydrogens is 262 g/mol. The largest absolute Gasteiger partial charge is 0.468 e. The fourth-order valence-electron chi connectivity index (χ4n) is 2.92. The lowest BCUT2D eigenvalue weighted by molar-refractivity contribution is -0.150. The van der Waals surface area contributed by atoms with E-state index in [-0.39, 0.29) is 5.97 Å². The molecule has 0 heterocycles. The van der Waals surface area contributed by atoms with Crippen LogP contribution in [0, 0.1) is 11.8 Å². The summed E-state index contributed by atoms with van der Waals surface area (Å²) in [6.45, 7) is 9.24. The lowest BCUT2D eigenvalue weighted by Crippen LogP contribution is -2.54. The predicted octanol–water partition coefficient (Wildman–Crippen LogP) is 3.78. The van der Waals surface area contributed by atoms with E-state index in [0.717, 1.165) is 12.8 Å². The van der Waals surface area contributed by atoms with Crippen molar-refractivity contribution in [3.8, 4) is 0 Å². The van der Waals surface area contributed by atoms with Crippen molar-refractivity contribution in [1.29, 1.82) is 0 Å². The van der Waals surface area contributed by atoms with Gasteiger partial charge in [0, 0.05) is 6.54 Å². The molecule has 0 saturated heterocycles. The molecule has 0 bridgehead atoms. The van der Waals surface area contributed by atoms with Crippen LogP contribution >= 0.6 is 0 Å². The van der Waals surface area contributed by atoms with Crippen molar-refractivity contribution in [3.63, 3.8) is 0 Å². The van der Waals surface area contributed by atoms with Crippen molar-refractivity contribution in [2.75, 3.05) is 7.11 Å². The minimum atomic E-state index is -0.604. The van der Waals surface area contributed by atoms with Gasteiger partial charge in [-0.2, -0.15) is 0 Å². The minimum absolute atomic E-state index is 0.152. The summed E-state index contributed by atoms with van der Waals surface area (Å²) in [4.78, 5) is 12.4. The van der Waals surface area contributed by atoms with E-state index >= 15 is 0 Å². The molecule has 0 atom stereocenters. The number of ether oxygens (including phenoxy) is 1. The molecule has 0 amide bonds. The van der Waals surface area contributed by atoms with Gasteiger partial charge in [0.05, 0.1) is 7.11 Å². The van der Waals surface area contributed by atoms with Crippen LogP contribution in [0.2, 0.25) is 0 Å². The van der Waals surface area contributed by atoms with E-state index < -0.39 is 5.54 Å². The molecular formula is C18H29NO2. The monoisotopic (exact) mass is 291 g/mol. The van der Waals surface area contributed by atoms with Crippen LogP contribution in [0.5, 0.6) is 0 Å². The van der Waals surface area contributed by atoms with Gasteiger partial charge in [0.25, 0.3) is 0 Å². The van der Waals surface area contributed by atoms with E-state index in [0.29, 0.717) is 18.4 Å². The highest BCUT2D eigenvalue weighted by Crippen LogP contribution is 2.27. The first-order chi connectivity index (χ1) is 9.89. The van der Waals surface area contributed by atoms with Crippen LogP contribution in [0.3, 0.4) is 0 Å². The molecule has 3 heteroatoms. The second kappa shape index (κ2) is 8.18. The molecule has 1 N–H and O–H groups in total.